The Labute approximate surface area is 122 Å². The molecule has 0 aliphatic rings. The van der Waals surface area contributed by atoms with Crippen molar-refractivity contribution < 1.29 is 0 Å². The molecule has 0 atom stereocenters. The Hall–Kier alpha value is -1.66. The second kappa shape index (κ2) is 5.14. The van der Waals surface area contributed by atoms with Crippen LogP contribution in [0.2, 0.25) is 0 Å². The summed E-state index contributed by atoms with van der Waals surface area (Å²) in [6.45, 7) is 0. The predicted octanol–water partition coefficient (Wildman–Crippen LogP) is 3.52. The van der Waals surface area contributed by atoms with Gasteiger partial charge in [-0.3, -0.25) is 4.98 Å². The molecule has 0 spiro atoms. The first-order valence-corrected chi connectivity index (χ1v) is 7.12. The summed E-state index contributed by atoms with van der Waals surface area (Å²) in [5, 5.41) is 1.87. The molecule has 19 heavy (non-hydrogen) atoms. The predicted molar refractivity (Wildman–Crippen MR) is 80.0 cm³/mol. The molecule has 0 aliphatic carbocycles. The molecule has 3 aromatic rings. The van der Waals surface area contributed by atoms with Gasteiger partial charge in [0, 0.05) is 21.0 Å². The van der Waals surface area contributed by atoms with E-state index in [4.69, 9.17) is 5.73 Å². The Morgan fingerprint density at radius 1 is 1.16 bits per heavy atom. The number of benzene rings is 1. The maximum atomic E-state index is 6.04. The number of fused-ring (bicyclic) bond motifs is 1. The molecule has 0 bridgehead atoms. The fourth-order valence-electron chi connectivity index (χ4n) is 1.71. The lowest BCUT2D eigenvalue weighted by Crippen LogP contribution is -1.93. The van der Waals surface area contributed by atoms with E-state index in [2.05, 4.69) is 30.9 Å². The lowest BCUT2D eigenvalue weighted by atomic mass is 10.2. The summed E-state index contributed by atoms with van der Waals surface area (Å²) in [5.74, 6) is 0. The number of aromatic nitrogens is 3. The molecule has 3 rings (SSSR count). The monoisotopic (exact) mass is 332 g/mol. The van der Waals surface area contributed by atoms with Crippen LogP contribution in [0.3, 0.4) is 0 Å². The average molecular weight is 333 g/mol. The smallest absolute Gasteiger partial charge is 0.116 e. The Balaban J connectivity index is 2.16. The Morgan fingerprint density at radius 2 is 2.05 bits per heavy atom. The highest BCUT2D eigenvalue weighted by molar-refractivity contribution is 9.10. The van der Waals surface area contributed by atoms with Crippen LogP contribution in [0.5, 0.6) is 0 Å². The van der Waals surface area contributed by atoms with E-state index in [-0.39, 0.29) is 0 Å². The minimum atomic E-state index is 0.647. The number of hydrogen-bond donors (Lipinski definition) is 1. The zero-order valence-electron chi connectivity index (χ0n) is 9.75. The van der Waals surface area contributed by atoms with Crippen molar-refractivity contribution >= 4 is 44.3 Å². The highest BCUT2D eigenvalue weighted by atomic mass is 79.9. The van der Waals surface area contributed by atoms with E-state index < -0.39 is 0 Å². The summed E-state index contributed by atoms with van der Waals surface area (Å²) in [5.41, 5.74) is 7.60. The third kappa shape index (κ3) is 2.54. The first kappa shape index (κ1) is 12.4. The molecule has 4 nitrogen and oxygen atoms in total. The molecular weight excluding hydrogens is 324 g/mol. The van der Waals surface area contributed by atoms with Crippen molar-refractivity contribution in [2.45, 2.75) is 9.92 Å². The summed E-state index contributed by atoms with van der Waals surface area (Å²) in [7, 11) is 0. The molecule has 2 aromatic heterocycles. The largest absolute Gasteiger partial charge is 0.397 e. The van der Waals surface area contributed by atoms with Gasteiger partial charge < -0.3 is 5.73 Å². The molecule has 0 saturated carbocycles. The highest BCUT2D eigenvalue weighted by Gasteiger charge is 2.09. The normalized spacial score (nSPS) is 10.8. The van der Waals surface area contributed by atoms with Crippen LogP contribution in [-0.4, -0.2) is 15.0 Å². The number of rotatable bonds is 2. The van der Waals surface area contributed by atoms with Gasteiger partial charge in [-0.2, -0.15) is 0 Å². The molecule has 0 amide bonds. The van der Waals surface area contributed by atoms with Crippen LogP contribution >= 0.6 is 27.7 Å². The summed E-state index contributed by atoms with van der Waals surface area (Å²) < 4.78 is 0.997. The number of hydrogen-bond acceptors (Lipinski definition) is 5. The van der Waals surface area contributed by atoms with Crippen molar-refractivity contribution in [1.29, 1.82) is 0 Å². The molecule has 2 N–H and O–H groups in total. The number of pyridine rings is 1. The molecule has 1 aromatic carbocycles. The van der Waals surface area contributed by atoms with Gasteiger partial charge in [-0.05, 0) is 24.3 Å². The lowest BCUT2D eigenvalue weighted by Gasteiger charge is -2.08. The Kier molecular flexibility index (Phi) is 3.35. The maximum Gasteiger partial charge on any atom is 0.116 e. The van der Waals surface area contributed by atoms with Gasteiger partial charge in [0.05, 0.1) is 17.4 Å². The standard InChI is InChI=1S/C13H9BrN4S/c14-8-1-2-11-9(5-8)13(10(15)6-17-11)19-12-3-4-16-7-18-12/h1-7H,15H2. The van der Waals surface area contributed by atoms with Crippen molar-refractivity contribution in [3.63, 3.8) is 0 Å². The van der Waals surface area contributed by atoms with Crippen LogP contribution in [0, 0.1) is 0 Å². The van der Waals surface area contributed by atoms with Gasteiger partial charge in [-0.25, -0.2) is 9.97 Å². The van der Waals surface area contributed by atoms with Crippen LogP contribution in [0.1, 0.15) is 0 Å². The van der Waals surface area contributed by atoms with Gasteiger partial charge >= 0.3 is 0 Å². The zero-order chi connectivity index (χ0) is 13.2. The van der Waals surface area contributed by atoms with Crippen molar-refractivity contribution in [2.75, 3.05) is 5.73 Å². The van der Waals surface area contributed by atoms with Crippen LogP contribution < -0.4 is 5.73 Å². The summed E-state index contributed by atoms with van der Waals surface area (Å²) in [4.78, 5) is 13.4. The van der Waals surface area contributed by atoms with Crippen molar-refractivity contribution in [1.82, 2.24) is 15.0 Å². The van der Waals surface area contributed by atoms with Gasteiger partial charge in [-0.1, -0.05) is 27.7 Å². The SMILES string of the molecule is Nc1cnc2ccc(Br)cc2c1Sc1ccncn1. The van der Waals surface area contributed by atoms with Gasteiger partial charge in [0.15, 0.2) is 0 Å². The lowest BCUT2D eigenvalue weighted by molar-refractivity contribution is 1.05. The Bertz CT molecular complexity index is 728. The minimum Gasteiger partial charge on any atom is -0.397 e. The zero-order valence-corrected chi connectivity index (χ0v) is 12.1. The van der Waals surface area contributed by atoms with Crippen LogP contribution in [-0.2, 0) is 0 Å². The van der Waals surface area contributed by atoms with E-state index >= 15 is 0 Å². The van der Waals surface area contributed by atoms with E-state index in [1.165, 1.54) is 18.1 Å². The van der Waals surface area contributed by atoms with Crippen LogP contribution in [0.4, 0.5) is 5.69 Å². The van der Waals surface area contributed by atoms with Gasteiger partial charge in [0.1, 0.15) is 11.4 Å². The second-order valence-corrected chi connectivity index (χ2v) is 5.80. The fraction of sp³-hybridized carbons (Fsp3) is 0. The van der Waals surface area contributed by atoms with Crippen LogP contribution in [0.25, 0.3) is 10.9 Å². The quantitative estimate of drug-likeness (QED) is 0.727. The maximum absolute atomic E-state index is 6.04. The number of nitrogen functional groups attached to an aromatic ring is 1. The molecule has 0 aliphatic heterocycles. The second-order valence-electron chi connectivity index (χ2n) is 3.85. The van der Waals surface area contributed by atoms with Gasteiger partial charge in [0.2, 0.25) is 0 Å². The van der Waals surface area contributed by atoms with Crippen molar-refractivity contribution in [3.8, 4) is 0 Å². The minimum absolute atomic E-state index is 0.647. The summed E-state index contributed by atoms with van der Waals surface area (Å²) in [6.07, 6.45) is 4.92. The first-order chi connectivity index (χ1) is 9.24. The number of anilines is 1. The molecular formula is C13H9BrN4S. The number of halogens is 1. The van der Waals surface area contributed by atoms with E-state index in [1.54, 1.807) is 12.4 Å². The summed E-state index contributed by atoms with van der Waals surface area (Å²) >= 11 is 4.99. The van der Waals surface area contributed by atoms with E-state index in [0.717, 1.165) is 25.3 Å². The van der Waals surface area contributed by atoms with E-state index in [1.807, 2.05) is 24.3 Å². The van der Waals surface area contributed by atoms with E-state index in [0.29, 0.717) is 5.69 Å². The van der Waals surface area contributed by atoms with Gasteiger partial charge in [-0.15, -0.1) is 0 Å². The molecule has 0 fully saturated rings. The molecule has 6 heteroatoms. The van der Waals surface area contributed by atoms with Gasteiger partial charge in [0.25, 0.3) is 0 Å². The Morgan fingerprint density at radius 3 is 2.84 bits per heavy atom. The summed E-state index contributed by atoms with van der Waals surface area (Å²) in [6, 6.07) is 7.80. The molecule has 94 valence electrons. The fourth-order valence-corrected chi connectivity index (χ4v) is 2.96. The molecule has 0 saturated heterocycles. The van der Waals surface area contributed by atoms with Crippen molar-refractivity contribution in [2.24, 2.45) is 0 Å². The topological polar surface area (TPSA) is 64.7 Å². The molecule has 0 unspecified atom stereocenters. The molecule has 2 heterocycles. The number of nitrogens with two attached hydrogens (primary N) is 1. The average Bonchev–Trinajstić information content (AvgIpc) is 2.43. The number of nitrogens with zero attached hydrogens (tertiary/aromatic N) is 3. The van der Waals surface area contributed by atoms with Crippen LogP contribution in [0.15, 0.2) is 57.4 Å². The molecule has 0 radical (unpaired) electrons. The third-order valence-corrected chi connectivity index (χ3v) is 4.17. The van der Waals surface area contributed by atoms with Crippen molar-refractivity contribution in [3.05, 3.63) is 47.5 Å². The van der Waals surface area contributed by atoms with E-state index in [9.17, 15) is 0 Å². The highest BCUT2D eigenvalue weighted by Crippen LogP contribution is 2.36. The first-order valence-electron chi connectivity index (χ1n) is 5.51. The third-order valence-electron chi connectivity index (χ3n) is 2.57.